The first-order chi connectivity index (χ1) is 16.6. The minimum atomic E-state index is -0.344. The molecule has 36 heavy (non-hydrogen) atoms. The zero-order valence-corrected chi connectivity index (χ0v) is 24.6. The van der Waals surface area contributed by atoms with Crippen LogP contribution in [0.1, 0.15) is 113 Å². The van der Waals surface area contributed by atoms with Gasteiger partial charge in [-0.15, -0.1) is 0 Å². The average Bonchev–Trinajstić information content (AvgIpc) is 3.17. The maximum absolute atomic E-state index is 13.0. The molecule has 202 valence electrons. The van der Waals surface area contributed by atoms with Gasteiger partial charge in [0, 0.05) is 17.8 Å². The quantitative estimate of drug-likeness (QED) is 0.215. The second-order valence-electron chi connectivity index (χ2n) is 15.1. The average molecular weight is 517 g/mol. The van der Waals surface area contributed by atoms with Crippen LogP contribution in [0.15, 0.2) is 12.2 Å². The summed E-state index contributed by atoms with van der Waals surface area (Å²) in [4.78, 5) is 24.9. The number of ether oxygens (including phenoxy) is 1. The van der Waals surface area contributed by atoms with Gasteiger partial charge in [0.25, 0.3) is 0 Å². The summed E-state index contributed by atoms with van der Waals surface area (Å²) in [5.41, 5.74) is 1.60. The number of hydrogen-bond donors (Lipinski definition) is 0. The summed E-state index contributed by atoms with van der Waals surface area (Å²) in [6.07, 6.45) is 11.1. The molecule has 5 aliphatic rings. The summed E-state index contributed by atoms with van der Waals surface area (Å²) in [6.45, 7) is 20.6. The Labute approximate surface area is 224 Å². The topological polar surface area (TPSA) is 43.4 Å². The number of hydrogen-bond acceptors (Lipinski definition) is 3. The molecule has 0 aromatic heterocycles. The van der Waals surface area contributed by atoms with Gasteiger partial charge in [0.1, 0.15) is 6.10 Å². The molecule has 0 spiro atoms. The van der Waals surface area contributed by atoms with Crippen LogP contribution in [0, 0.1) is 56.7 Å². The molecule has 0 aliphatic heterocycles. The molecule has 5 aliphatic carbocycles. The van der Waals surface area contributed by atoms with E-state index in [-0.39, 0.29) is 44.4 Å². The summed E-state index contributed by atoms with van der Waals surface area (Å²) in [5, 5.41) is -0.0770. The van der Waals surface area contributed by atoms with Crippen LogP contribution in [0.4, 0.5) is 0 Å². The van der Waals surface area contributed by atoms with Gasteiger partial charge in [-0.25, -0.2) is 0 Å². The molecule has 3 nitrogen and oxygen atoms in total. The molecule has 4 heteroatoms. The van der Waals surface area contributed by atoms with Crippen molar-refractivity contribution in [3.05, 3.63) is 12.2 Å². The van der Waals surface area contributed by atoms with Gasteiger partial charge in [0.05, 0.1) is 0 Å². The fourth-order valence-corrected chi connectivity index (χ4v) is 12.2. The van der Waals surface area contributed by atoms with Crippen molar-refractivity contribution in [3.8, 4) is 0 Å². The van der Waals surface area contributed by atoms with E-state index in [1.54, 1.807) is 6.92 Å². The predicted molar refractivity (Wildman–Crippen MR) is 145 cm³/mol. The fraction of sp³-hybridized carbons (Fsp3) is 0.875. The van der Waals surface area contributed by atoms with Gasteiger partial charge in [-0.3, -0.25) is 9.59 Å². The molecule has 0 aromatic rings. The van der Waals surface area contributed by atoms with Gasteiger partial charge in [-0.05, 0) is 129 Å². The summed E-state index contributed by atoms with van der Waals surface area (Å²) in [6, 6.07) is 0. The fourth-order valence-electron chi connectivity index (χ4n) is 11.9. The number of allylic oxidation sites excluding steroid dienone is 1. The van der Waals surface area contributed by atoms with Gasteiger partial charge >= 0.3 is 5.97 Å². The molecule has 5 fully saturated rings. The number of carbonyl (C=O) groups is 2. The van der Waals surface area contributed by atoms with Crippen molar-refractivity contribution in [1.82, 2.24) is 0 Å². The first kappa shape index (κ1) is 26.8. The Morgan fingerprint density at radius 2 is 1.50 bits per heavy atom. The Morgan fingerprint density at radius 1 is 0.806 bits per heavy atom. The highest BCUT2D eigenvalue weighted by Crippen LogP contribution is 2.77. The summed E-state index contributed by atoms with van der Waals surface area (Å²) in [5.74, 6) is 2.37. The number of fused-ring (bicyclic) bond motifs is 7. The number of halogens is 1. The lowest BCUT2D eigenvalue weighted by Crippen LogP contribution is -2.67. The zero-order valence-electron chi connectivity index (χ0n) is 23.8. The lowest BCUT2D eigenvalue weighted by atomic mass is 9.32. The third-order valence-corrected chi connectivity index (χ3v) is 14.1. The van der Waals surface area contributed by atoms with Crippen molar-refractivity contribution in [1.29, 1.82) is 0 Å². The van der Waals surface area contributed by atoms with Gasteiger partial charge < -0.3 is 4.74 Å². The predicted octanol–water partition coefficient (Wildman–Crippen LogP) is 8.34. The van der Waals surface area contributed by atoms with Crippen LogP contribution in [0.5, 0.6) is 0 Å². The molecule has 0 N–H and O–H groups in total. The molecule has 0 radical (unpaired) electrons. The minimum absolute atomic E-state index is 0.0129. The van der Waals surface area contributed by atoms with Gasteiger partial charge in [-0.1, -0.05) is 46.8 Å². The standard InChI is InChI=1S/C32H49ClO3/c1-19(2)21-11-16-32(27(33)35)18-17-30(7)22(26(21)32)9-10-24-29(6)14-13-25(36-20(3)34)28(4,5)23(29)12-15-31(24,30)8/h21-26H,1,9-18H2,2-8H3/t21-,22+,23-,24+,25+,26+,29-,30+,31+,32-/m0/s1. The normalized spacial score (nSPS) is 51.2. The molecular weight excluding hydrogens is 468 g/mol. The van der Waals surface area contributed by atoms with Crippen LogP contribution in [0.25, 0.3) is 0 Å². The molecular formula is C32H49ClO3. The lowest BCUT2D eigenvalue weighted by molar-refractivity contribution is -0.248. The zero-order chi connectivity index (χ0) is 26.5. The lowest BCUT2D eigenvalue weighted by Gasteiger charge is -2.72. The smallest absolute Gasteiger partial charge is 0.302 e. The van der Waals surface area contributed by atoms with Crippen molar-refractivity contribution < 1.29 is 14.3 Å². The number of rotatable bonds is 3. The first-order valence-electron chi connectivity index (χ1n) is 14.7. The minimum Gasteiger partial charge on any atom is -0.462 e. The van der Waals surface area contributed by atoms with Crippen molar-refractivity contribution in [2.24, 2.45) is 56.7 Å². The van der Waals surface area contributed by atoms with Gasteiger partial charge in [0.2, 0.25) is 5.24 Å². The molecule has 0 unspecified atom stereocenters. The van der Waals surface area contributed by atoms with Crippen molar-refractivity contribution >= 4 is 22.8 Å². The van der Waals surface area contributed by atoms with E-state index in [1.807, 2.05) is 0 Å². The second kappa shape index (κ2) is 8.33. The molecule has 0 bridgehead atoms. The molecule has 0 amide bonds. The van der Waals surface area contributed by atoms with E-state index in [4.69, 9.17) is 16.3 Å². The van der Waals surface area contributed by atoms with Crippen molar-refractivity contribution in [3.63, 3.8) is 0 Å². The number of esters is 1. The van der Waals surface area contributed by atoms with E-state index in [0.29, 0.717) is 29.6 Å². The maximum atomic E-state index is 13.0. The Balaban J connectivity index is 1.52. The van der Waals surface area contributed by atoms with E-state index < -0.39 is 0 Å². The largest absolute Gasteiger partial charge is 0.462 e. The van der Waals surface area contributed by atoms with E-state index >= 15 is 0 Å². The van der Waals surface area contributed by atoms with Crippen molar-refractivity contribution in [2.75, 3.05) is 0 Å². The highest BCUT2D eigenvalue weighted by molar-refractivity contribution is 6.64. The third kappa shape index (κ3) is 3.29. The van der Waals surface area contributed by atoms with Crippen LogP contribution >= 0.6 is 11.6 Å². The van der Waals surface area contributed by atoms with E-state index in [2.05, 4.69) is 48.1 Å². The van der Waals surface area contributed by atoms with Crippen LogP contribution in [0.3, 0.4) is 0 Å². The summed E-state index contributed by atoms with van der Waals surface area (Å²) < 4.78 is 5.89. The molecule has 0 saturated heterocycles. The van der Waals surface area contributed by atoms with E-state index in [1.165, 1.54) is 31.3 Å². The molecule has 0 aromatic carbocycles. The van der Waals surface area contributed by atoms with Gasteiger partial charge in [-0.2, -0.15) is 0 Å². The molecule has 10 atom stereocenters. The van der Waals surface area contributed by atoms with E-state index in [9.17, 15) is 9.59 Å². The number of carbonyl (C=O) groups excluding carboxylic acids is 2. The first-order valence-corrected chi connectivity index (χ1v) is 15.1. The molecule has 0 heterocycles. The summed E-state index contributed by atoms with van der Waals surface area (Å²) in [7, 11) is 0. The SMILES string of the molecule is C=C(C)[C@@H]1CC[C@]2(C(=O)Cl)CC[C@]3(C)[C@H](CC[C@@H]4[C@@]5(C)CC[C@@H](OC(C)=O)C(C)(C)[C@@H]5CC[C@]43C)[C@@H]12. The molecule has 5 saturated carbocycles. The van der Waals surface area contributed by atoms with Crippen molar-refractivity contribution in [2.45, 2.75) is 119 Å². The third-order valence-electron chi connectivity index (χ3n) is 13.7. The second-order valence-corrected chi connectivity index (χ2v) is 15.4. The van der Waals surface area contributed by atoms with Crippen LogP contribution in [-0.4, -0.2) is 17.3 Å². The Bertz CT molecular complexity index is 970. The van der Waals surface area contributed by atoms with Crippen LogP contribution in [-0.2, 0) is 14.3 Å². The highest BCUT2D eigenvalue weighted by Gasteiger charge is 2.71. The monoisotopic (exact) mass is 516 g/mol. The summed E-state index contributed by atoms with van der Waals surface area (Å²) >= 11 is 6.46. The maximum Gasteiger partial charge on any atom is 0.302 e. The van der Waals surface area contributed by atoms with E-state index in [0.717, 1.165) is 38.5 Å². The van der Waals surface area contributed by atoms with Crippen LogP contribution < -0.4 is 0 Å². The molecule has 5 rings (SSSR count). The van der Waals surface area contributed by atoms with Gasteiger partial charge in [0.15, 0.2) is 0 Å². The Morgan fingerprint density at radius 3 is 2.11 bits per heavy atom. The Kier molecular flexibility index (Phi) is 6.19. The highest BCUT2D eigenvalue weighted by atomic mass is 35.5. The van der Waals surface area contributed by atoms with Crippen LogP contribution in [0.2, 0.25) is 0 Å². The Hall–Kier alpha value is -0.830.